The lowest BCUT2D eigenvalue weighted by Gasteiger charge is -2.19. The van der Waals surface area contributed by atoms with E-state index in [0.29, 0.717) is 18.7 Å². The second-order valence-electron chi connectivity index (χ2n) is 7.06. The summed E-state index contributed by atoms with van der Waals surface area (Å²) >= 11 is 0. The fourth-order valence-corrected chi connectivity index (χ4v) is 3.22. The van der Waals surface area contributed by atoms with E-state index in [-0.39, 0.29) is 12.5 Å². The number of nitrogens with one attached hydrogen (secondary N) is 2. The summed E-state index contributed by atoms with van der Waals surface area (Å²) in [7, 11) is 0. The number of rotatable bonds is 9. The zero-order chi connectivity index (χ0) is 21.2. The second-order valence-corrected chi connectivity index (χ2v) is 7.06. The van der Waals surface area contributed by atoms with Gasteiger partial charge in [-0.3, -0.25) is 4.79 Å². The summed E-state index contributed by atoms with van der Waals surface area (Å²) in [6.45, 7) is 0.684. The topological polar surface area (TPSA) is 93.4 Å². The fraction of sp³-hybridized carbons (Fsp3) is 0.250. The quantitative estimate of drug-likeness (QED) is 0.465. The normalized spacial score (nSPS) is 11.6. The van der Waals surface area contributed by atoms with Gasteiger partial charge in [0.2, 0.25) is 5.91 Å². The van der Waals surface area contributed by atoms with E-state index >= 15 is 0 Å². The van der Waals surface area contributed by atoms with Gasteiger partial charge in [0.15, 0.2) is 0 Å². The minimum absolute atomic E-state index is 0.146. The van der Waals surface area contributed by atoms with Gasteiger partial charge in [0.1, 0.15) is 12.6 Å². The van der Waals surface area contributed by atoms with Crippen molar-refractivity contribution in [3.8, 4) is 0 Å². The van der Waals surface area contributed by atoms with Crippen molar-refractivity contribution in [3.63, 3.8) is 0 Å². The van der Waals surface area contributed by atoms with Crippen LogP contribution in [0.1, 0.15) is 24.8 Å². The molecule has 156 valence electrons. The molecule has 3 aromatic rings. The van der Waals surface area contributed by atoms with Crippen LogP contribution in [0.15, 0.2) is 72.8 Å². The molecule has 0 saturated heterocycles. The van der Waals surface area contributed by atoms with Gasteiger partial charge in [-0.15, -0.1) is 0 Å². The summed E-state index contributed by atoms with van der Waals surface area (Å²) in [5.41, 5.74) is 7.17. The zero-order valence-corrected chi connectivity index (χ0v) is 16.8. The molecule has 0 aliphatic rings. The number of fused-ring (bicyclic) bond motifs is 1. The third-order valence-electron chi connectivity index (χ3n) is 4.82. The highest BCUT2D eigenvalue weighted by atomic mass is 16.5. The lowest BCUT2D eigenvalue weighted by molar-refractivity contribution is -0.118. The molecule has 3 aromatic carbocycles. The number of hydrogen-bond acceptors (Lipinski definition) is 4. The SMILES string of the molecule is NCCCC[C@H](NC(=O)OCc1ccccc1)C(=O)Nc1cccc2ccccc12. The first-order chi connectivity index (χ1) is 14.7. The van der Waals surface area contributed by atoms with E-state index in [2.05, 4.69) is 10.6 Å². The Hall–Kier alpha value is -3.38. The highest BCUT2D eigenvalue weighted by Crippen LogP contribution is 2.23. The van der Waals surface area contributed by atoms with Gasteiger partial charge in [-0.05, 0) is 42.8 Å². The maximum atomic E-state index is 12.9. The van der Waals surface area contributed by atoms with E-state index in [4.69, 9.17) is 10.5 Å². The Labute approximate surface area is 176 Å². The van der Waals surface area contributed by atoms with Gasteiger partial charge in [-0.1, -0.05) is 66.7 Å². The van der Waals surface area contributed by atoms with Crippen molar-refractivity contribution in [2.75, 3.05) is 11.9 Å². The summed E-state index contributed by atoms with van der Waals surface area (Å²) in [6.07, 6.45) is 1.36. The number of carbonyl (C=O) groups is 2. The van der Waals surface area contributed by atoms with Crippen molar-refractivity contribution in [2.45, 2.75) is 31.9 Å². The molecule has 30 heavy (non-hydrogen) atoms. The summed E-state index contributed by atoms with van der Waals surface area (Å²) in [4.78, 5) is 25.2. The van der Waals surface area contributed by atoms with E-state index < -0.39 is 12.1 Å². The summed E-state index contributed by atoms with van der Waals surface area (Å²) in [6, 6.07) is 22.2. The first-order valence-electron chi connectivity index (χ1n) is 10.1. The highest BCUT2D eigenvalue weighted by molar-refractivity contribution is 6.04. The Balaban J connectivity index is 1.65. The number of benzene rings is 3. The Morgan fingerprint density at radius 2 is 1.63 bits per heavy atom. The first-order valence-corrected chi connectivity index (χ1v) is 10.1. The lowest BCUT2D eigenvalue weighted by Crippen LogP contribution is -2.44. The molecule has 2 amide bonds. The molecule has 0 aliphatic carbocycles. The van der Waals surface area contributed by atoms with Crippen molar-refractivity contribution in [2.24, 2.45) is 5.73 Å². The summed E-state index contributed by atoms with van der Waals surface area (Å²) in [5.74, 6) is -0.278. The minimum Gasteiger partial charge on any atom is -0.445 e. The number of anilines is 1. The molecule has 1 atom stereocenters. The van der Waals surface area contributed by atoms with E-state index in [1.165, 1.54) is 0 Å². The monoisotopic (exact) mass is 405 g/mol. The Morgan fingerprint density at radius 3 is 2.43 bits per heavy atom. The molecule has 0 radical (unpaired) electrons. The summed E-state index contributed by atoms with van der Waals surface area (Å²) in [5, 5.41) is 7.63. The molecule has 0 bridgehead atoms. The molecule has 4 N–H and O–H groups in total. The van der Waals surface area contributed by atoms with E-state index in [1.54, 1.807) is 0 Å². The fourth-order valence-electron chi connectivity index (χ4n) is 3.22. The van der Waals surface area contributed by atoms with Crippen LogP contribution in [-0.4, -0.2) is 24.6 Å². The maximum Gasteiger partial charge on any atom is 0.408 e. The van der Waals surface area contributed by atoms with Crippen LogP contribution in [0.3, 0.4) is 0 Å². The molecule has 0 saturated carbocycles. The molecule has 6 nitrogen and oxygen atoms in total. The van der Waals surface area contributed by atoms with Crippen molar-refractivity contribution in [1.29, 1.82) is 0 Å². The third-order valence-corrected chi connectivity index (χ3v) is 4.82. The standard InChI is InChI=1S/C24H27N3O3/c25-16-7-6-14-22(27-24(29)30-17-18-9-2-1-3-10-18)23(28)26-21-15-8-12-19-11-4-5-13-20(19)21/h1-5,8-13,15,22H,6-7,14,16-17,25H2,(H,26,28)(H,27,29)/t22-/m0/s1. The van der Waals surface area contributed by atoms with E-state index in [9.17, 15) is 9.59 Å². The van der Waals surface area contributed by atoms with Crippen molar-refractivity contribution in [3.05, 3.63) is 78.4 Å². The Morgan fingerprint density at radius 1 is 0.900 bits per heavy atom. The molecular weight excluding hydrogens is 378 g/mol. The number of amides is 2. The van der Waals surface area contributed by atoms with Crippen LogP contribution < -0.4 is 16.4 Å². The second kappa shape index (κ2) is 11.0. The smallest absolute Gasteiger partial charge is 0.408 e. The van der Waals surface area contributed by atoms with Crippen molar-refractivity contribution < 1.29 is 14.3 Å². The molecule has 0 aliphatic heterocycles. The van der Waals surface area contributed by atoms with Crippen LogP contribution in [0.5, 0.6) is 0 Å². The number of unbranched alkanes of at least 4 members (excludes halogenated alkanes) is 1. The van der Waals surface area contributed by atoms with Crippen LogP contribution in [0.4, 0.5) is 10.5 Å². The Bertz CT molecular complexity index is 970. The average Bonchev–Trinajstić information content (AvgIpc) is 2.78. The third kappa shape index (κ3) is 6.06. The molecule has 0 spiro atoms. The number of nitrogens with two attached hydrogens (primary N) is 1. The van der Waals surface area contributed by atoms with Crippen LogP contribution in [0.25, 0.3) is 10.8 Å². The average molecular weight is 405 g/mol. The minimum atomic E-state index is -0.709. The van der Waals surface area contributed by atoms with Gasteiger partial charge >= 0.3 is 6.09 Å². The molecule has 6 heteroatoms. The van der Waals surface area contributed by atoms with Crippen LogP contribution >= 0.6 is 0 Å². The number of ether oxygens (including phenoxy) is 1. The van der Waals surface area contributed by atoms with Gasteiger partial charge in [-0.25, -0.2) is 4.79 Å². The predicted molar refractivity (Wildman–Crippen MR) is 119 cm³/mol. The number of hydrogen-bond donors (Lipinski definition) is 3. The van der Waals surface area contributed by atoms with Gasteiger partial charge in [0.05, 0.1) is 0 Å². The van der Waals surface area contributed by atoms with Gasteiger partial charge in [-0.2, -0.15) is 0 Å². The van der Waals surface area contributed by atoms with E-state index in [0.717, 1.165) is 29.2 Å². The van der Waals surface area contributed by atoms with E-state index in [1.807, 2.05) is 72.8 Å². The Kier molecular flexibility index (Phi) is 7.80. The van der Waals surface area contributed by atoms with Gasteiger partial charge in [0, 0.05) is 11.1 Å². The number of carbonyl (C=O) groups excluding carboxylic acids is 2. The first kappa shape index (κ1) is 21.3. The number of alkyl carbamates (subject to hydrolysis) is 1. The zero-order valence-electron chi connectivity index (χ0n) is 16.8. The molecule has 0 aromatic heterocycles. The molecule has 0 heterocycles. The summed E-state index contributed by atoms with van der Waals surface area (Å²) < 4.78 is 5.28. The predicted octanol–water partition coefficient (Wildman–Crippen LogP) is 4.20. The molecule has 3 rings (SSSR count). The van der Waals surface area contributed by atoms with Crippen LogP contribution in [-0.2, 0) is 16.1 Å². The largest absolute Gasteiger partial charge is 0.445 e. The van der Waals surface area contributed by atoms with Crippen LogP contribution in [0, 0.1) is 0 Å². The molecular formula is C24H27N3O3. The lowest BCUT2D eigenvalue weighted by atomic mass is 10.1. The molecule has 0 unspecified atom stereocenters. The maximum absolute atomic E-state index is 12.9. The van der Waals surface area contributed by atoms with Crippen LogP contribution in [0.2, 0.25) is 0 Å². The molecule has 0 fully saturated rings. The highest BCUT2D eigenvalue weighted by Gasteiger charge is 2.22. The van der Waals surface area contributed by atoms with Crippen molar-refractivity contribution in [1.82, 2.24) is 5.32 Å². The van der Waals surface area contributed by atoms with Gasteiger partial charge in [0.25, 0.3) is 0 Å². The van der Waals surface area contributed by atoms with Crippen molar-refractivity contribution >= 4 is 28.5 Å². The van der Waals surface area contributed by atoms with Gasteiger partial charge < -0.3 is 21.1 Å².